The molecule has 28 nitrogen and oxygen atoms in total. The number of alkyl halides is 1. The number of Topliss-reactive ketones (excluding diaryl/α,β-unsaturated/α-hetero) is 1. The topological polar surface area (TPSA) is 422 Å². The molecule has 15 rings (SSSR count). The summed E-state index contributed by atoms with van der Waals surface area (Å²) in [5, 5.41) is 55.6. The molecule has 2 amide bonds. The Morgan fingerprint density at radius 3 is 1.14 bits per heavy atom. The van der Waals surface area contributed by atoms with E-state index in [1.54, 1.807) is 86.1 Å². The highest BCUT2D eigenvalue weighted by Gasteiger charge is 2.18. The van der Waals surface area contributed by atoms with Crippen molar-refractivity contribution in [2.75, 3.05) is 37.9 Å². The summed E-state index contributed by atoms with van der Waals surface area (Å²) in [6, 6.07) is 46.8. The third-order valence-electron chi connectivity index (χ3n) is 14.6. The summed E-state index contributed by atoms with van der Waals surface area (Å²) in [5.74, 6) is -2.24. The highest BCUT2D eigenvalue weighted by molar-refractivity contribution is 9.09. The molecule has 10 N–H and O–H groups in total. The maximum atomic E-state index is 11.6. The maximum Gasteiger partial charge on any atom is 0.335 e. The zero-order valence-electron chi connectivity index (χ0n) is 52.6. The number of anilines is 2. The number of hydrogen-bond donors (Lipinski definition) is 7. The summed E-state index contributed by atoms with van der Waals surface area (Å²) in [6.07, 6.45) is 5.75. The van der Waals surface area contributed by atoms with E-state index >= 15 is 0 Å². The first-order chi connectivity index (χ1) is 48.1. The van der Waals surface area contributed by atoms with Crippen molar-refractivity contribution < 1.29 is 49.0 Å². The van der Waals surface area contributed by atoms with Gasteiger partial charge in [-0.05, 0) is 92.0 Å². The van der Waals surface area contributed by atoms with E-state index in [4.69, 9.17) is 21.7 Å². The van der Waals surface area contributed by atoms with Crippen LogP contribution in [-0.4, -0.2) is 114 Å². The number of nitro groups is 3. The number of nitrogen functional groups attached to an aromatic ring is 2. The summed E-state index contributed by atoms with van der Waals surface area (Å²) in [5.41, 5.74) is 27.5. The third kappa shape index (κ3) is 16.6. The summed E-state index contributed by atoms with van der Waals surface area (Å²) >= 11 is 8.66. The van der Waals surface area contributed by atoms with Gasteiger partial charge in [-0.15, -0.1) is 12.4 Å². The first-order valence-electron chi connectivity index (χ1n) is 29.2. The van der Waals surface area contributed by atoms with Gasteiger partial charge in [0, 0.05) is 108 Å². The largest absolute Gasteiger partial charge is 0.478 e. The van der Waals surface area contributed by atoms with Crippen LogP contribution in [0.2, 0.25) is 0 Å². The van der Waals surface area contributed by atoms with Crippen molar-refractivity contribution in [3.63, 3.8) is 0 Å². The van der Waals surface area contributed by atoms with E-state index in [9.17, 15) is 54.3 Å². The second-order valence-electron chi connectivity index (χ2n) is 20.8. The highest BCUT2D eigenvalue weighted by Crippen LogP contribution is 2.35. The molecule has 15 aromatic rings. The SMILES string of the molecule is CN.CNC(=O)c1ccc(-c2cn3c(n2)sc2cc(N)ccc23)cc1.CNC(=O)c1ccc(-c2cn3c(n2)sc2cc([N+](=O)[O-])ccc23)cc1.Cl.Nc1nc2ccc([N+](=O)[O-])cc2s1.O=C(O)c1ccc(-c2cn3c(n2)sc2cc([N+](=O)[O-])ccc23)cc1.O=C(O)c1ccc(C(=O)CBr)cc1. The molecule has 0 aliphatic carbocycles. The minimum Gasteiger partial charge on any atom is -0.478 e. The van der Waals surface area contributed by atoms with Gasteiger partial charge in [0.15, 0.2) is 25.8 Å². The molecule has 7 aromatic heterocycles. The number of non-ortho nitro benzene ring substituents is 3. The standard InChI is InChI=1S/C17H12N4O3S.C17H14N4OS.C16H9N3O4S.C9H7BrO3.C7H5N3O2S.CH5N.ClH/c1-18-16(22)11-4-2-10(3-5-11)13-9-20-14-7-6-12(21(23)24)8-15(14)25-17(20)19-13;1-19-16(22)11-4-2-10(3-5-11)13-9-21-14-7-6-12(18)8-15(14)23-17(21)20-13;20-15(21)10-3-1-9(2-4-10)12-8-18-13-6-5-11(19(22)23)7-14(13)24-16(18)17-12;10-5-8(11)6-1-3-7(4-2-6)9(12)13;8-7-9-5-2-1-4(10(11)12)3-6(5)13-7;1-2;/h2-9H,1H3,(H,18,22);2-9H,18H2,1H3,(H,19,22);1-8H,(H,20,21);1-4H,5H2,(H,12,13);1-3H,(H2,8,9);2H2,1H3;1H. The fourth-order valence-electron chi connectivity index (χ4n) is 9.72. The number of aromatic nitrogens is 7. The second-order valence-corrected chi connectivity index (χ2v) is 25.4. The van der Waals surface area contributed by atoms with Crippen molar-refractivity contribution in [2.45, 2.75) is 0 Å². The average Bonchev–Trinajstić information content (AvgIpc) is 1.63. The number of amides is 2. The minimum absolute atomic E-state index is 0. The number of nitrogens with one attached hydrogen (secondary N) is 2. The number of nitrogens with two attached hydrogens (primary N) is 3. The Bertz CT molecular complexity index is 5640. The van der Waals surface area contributed by atoms with Crippen LogP contribution in [0.3, 0.4) is 0 Å². The Labute approximate surface area is 599 Å². The van der Waals surface area contributed by atoms with Crippen LogP contribution in [-0.2, 0) is 0 Å². The van der Waals surface area contributed by atoms with Gasteiger partial charge in [-0.2, -0.15) is 0 Å². The summed E-state index contributed by atoms with van der Waals surface area (Å²) in [6.45, 7) is 0. The normalized spacial score (nSPS) is 10.6. The van der Waals surface area contributed by atoms with Crippen LogP contribution in [0.15, 0.2) is 188 Å². The van der Waals surface area contributed by atoms with Crippen LogP contribution in [0.25, 0.3) is 89.5 Å². The number of thiazole rings is 4. The zero-order chi connectivity index (χ0) is 71.6. The Hall–Kier alpha value is -12.0. The monoisotopic (exact) mass is 1520 g/mol. The van der Waals surface area contributed by atoms with Crippen molar-refractivity contribution in [1.82, 2.24) is 43.8 Å². The molecule has 512 valence electrons. The molecule has 0 radical (unpaired) electrons. The van der Waals surface area contributed by atoms with Gasteiger partial charge < -0.3 is 38.0 Å². The molecule has 0 saturated heterocycles. The number of imidazole rings is 3. The molecule has 34 heteroatoms. The van der Waals surface area contributed by atoms with Gasteiger partial charge in [0.2, 0.25) is 0 Å². The van der Waals surface area contributed by atoms with E-state index in [1.807, 2.05) is 69.9 Å². The molecule has 0 saturated carbocycles. The van der Waals surface area contributed by atoms with Gasteiger partial charge in [0.1, 0.15) is 0 Å². The van der Waals surface area contributed by atoms with Crippen molar-refractivity contribution in [2.24, 2.45) is 5.73 Å². The molecule has 0 aliphatic heterocycles. The number of carbonyl (C=O) groups excluding carboxylic acids is 3. The fourth-order valence-corrected chi connectivity index (χ4v) is 13.9. The van der Waals surface area contributed by atoms with Gasteiger partial charge in [0.05, 0.1) is 89.2 Å². The Balaban J connectivity index is 0.000000149. The number of nitro benzene ring substituents is 3. The van der Waals surface area contributed by atoms with Gasteiger partial charge in [-0.25, -0.2) is 29.5 Å². The molecule has 0 unspecified atom stereocenters. The van der Waals surface area contributed by atoms with E-state index in [1.165, 1.54) is 108 Å². The van der Waals surface area contributed by atoms with Crippen molar-refractivity contribution in [1.29, 1.82) is 0 Å². The number of benzene rings is 8. The predicted molar refractivity (Wildman–Crippen MR) is 399 cm³/mol. The molecule has 0 bridgehead atoms. The molecule has 7 heterocycles. The lowest BCUT2D eigenvalue weighted by Crippen LogP contribution is -2.17. The summed E-state index contributed by atoms with van der Waals surface area (Å²) in [4.78, 5) is 107. The smallest absolute Gasteiger partial charge is 0.335 e. The van der Waals surface area contributed by atoms with Crippen LogP contribution in [0.4, 0.5) is 27.9 Å². The van der Waals surface area contributed by atoms with Crippen LogP contribution >= 0.6 is 73.7 Å². The van der Waals surface area contributed by atoms with Gasteiger partial charge in [-0.3, -0.25) is 57.9 Å². The Morgan fingerprint density at radius 1 is 0.455 bits per heavy atom. The maximum absolute atomic E-state index is 11.6. The van der Waals surface area contributed by atoms with Gasteiger partial charge in [0.25, 0.3) is 28.9 Å². The lowest BCUT2D eigenvalue weighted by molar-refractivity contribution is -0.384. The number of nitrogens with zero attached hydrogens (tertiary/aromatic N) is 10. The number of ketones is 1. The van der Waals surface area contributed by atoms with E-state index in [-0.39, 0.29) is 63.5 Å². The van der Waals surface area contributed by atoms with Crippen molar-refractivity contribution >= 4 is 187 Å². The molecule has 0 aliphatic rings. The average molecular weight is 1520 g/mol. The fraction of sp³-hybridized carbons (Fsp3) is 0.0597. The number of carboxylic acid groups (broad SMARTS) is 2. The zero-order valence-corrected chi connectivity index (χ0v) is 58.3. The molecule has 0 spiro atoms. The number of hydrogen-bond acceptors (Lipinski definition) is 22. The van der Waals surface area contributed by atoms with Crippen LogP contribution in [0, 0.1) is 30.3 Å². The lowest BCUT2D eigenvalue weighted by Gasteiger charge is -2.01. The minimum atomic E-state index is -0.988. The predicted octanol–water partition coefficient (Wildman–Crippen LogP) is 14.2. The van der Waals surface area contributed by atoms with E-state index in [0.29, 0.717) is 27.3 Å². The quantitative estimate of drug-likeness (QED) is 0.0196. The van der Waals surface area contributed by atoms with Crippen LogP contribution < -0.4 is 27.8 Å². The van der Waals surface area contributed by atoms with Crippen LogP contribution in [0.1, 0.15) is 51.8 Å². The summed E-state index contributed by atoms with van der Waals surface area (Å²) in [7, 11) is 4.72. The number of fused-ring (bicyclic) bond motifs is 10. The number of rotatable bonds is 12. The number of halogens is 2. The molecular formula is C67H53BrClN15O13S4. The van der Waals surface area contributed by atoms with E-state index in [0.717, 1.165) is 89.7 Å². The second kappa shape index (κ2) is 32.1. The first-order valence-corrected chi connectivity index (χ1v) is 33.5. The number of aromatic carboxylic acids is 2. The number of carbonyl (C=O) groups is 5. The summed E-state index contributed by atoms with van der Waals surface area (Å²) < 4.78 is 9.34. The molecular weight excluding hydrogens is 1470 g/mol. The van der Waals surface area contributed by atoms with E-state index in [2.05, 4.69) is 56.6 Å². The Morgan fingerprint density at radius 2 is 0.782 bits per heavy atom. The van der Waals surface area contributed by atoms with Crippen LogP contribution in [0.5, 0.6) is 0 Å². The molecule has 8 aromatic carbocycles. The first kappa shape index (κ1) is 73.3. The lowest BCUT2D eigenvalue weighted by atomic mass is 10.1. The molecule has 0 atom stereocenters. The van der Waals surface area contributed by atoms with E-state index < -0.39 is 26.7 Å². The van der Waals surface area contributed by atoms with Crippen molar-refractivity contribution in [3.05, 3.63) is 247 Å². The third-order valence-corrected chi connectivity index (χ3v) is 19.0. The molecule has 101 heavy (non-hydrogen) atoms. The van der Waals surface area contributed by atoms with Gasteiger partial charge >= 0.3 is 11.9 Å². The molecule has 0 fully saturated rings. The highest BCUT2D eigenvalue weighted by atomic mass is 79.9. The van der Waals surface area contributed by atoms with Crippen molar-refractivity contribution in [3.8, 4) is 33.8 Å². The Kier molecular flexibility index (Phi) is 23.3. The number of carboxylic acids is 2. The van der Waals surface area contributed by atoms with Gasteiger partial charge in [-0.1, -0.05) is 110 Å².